The van der Waals surface area contributed by atoms with Crippen LogP contribution in [0.5, 0.6) is 11.6 Å². The molecule has 1 aromatic heterocycles. The van der Waals surface area contributed by atoms with Gasteiger partial charge in [-0.25, -0.2) is 4.98 Å². The predicted octanol–water partition coefficient (Wildman–Crippen LogP) is 2.92. The molecule has 0 aliphatic rings. The van der Waals surface area contributed by atoms with Crippen LogP contribution in [0, 0.1) is 6.92 Å². The monoisotopic (exact) mass is 279 g/mol. The lowest BCUT2D eigenvalue weighted by Crippen LogP contribution is -1.98. The molecule has 0 saturated heterocycles. The Kier molecular flexibility index (Phi) is 3.05. The zero-order chi connectivity index (χ0) is 11.5. The van der Waals surface area contributed by atoms with Crippen LogP contribution in [-0.2, 0) is 0 Å². The third-order valence-electron chi connectivity index (χ3n) is 1.97. The number of hydrogen-bond donors (Lipinski definition) is 1. The second-order valence-corrected chi connectivity index (χ2v) is 4.19. The van der Waals surface area contributed by atoms with Crippen LogP contribution in [-0.4, -0.2) is 9.97 Å². The van der Waals surface area contributed by atoms with E-state index in [1.54, 1.807) is 6.20 Å². The van der Waals surface area contributed by atoms with Gasteiger partial charge in [0, 0.05) is 16.2 Å². The summed E-state index contributed by atoms with van der Waals surface area (Å²) < 4.78 is 6.59. The summed E-state index contributed by atoms with van der Waals surface area (Å²) in [4.78, 5) is 7.90. The van der Waals surface area contributed by atoms with Crippen molar-refractivity contribution < 1.29 is 4.74 Å². The van der Waals surface area contributed by atoms with Crippen molar-refractivity contribution in [1.82, 2.24) is 9.97 Å². The van der Waals surface area contributed by atoms with E-state index in [-0.39, 0.29) is 5.95 Å². The van der Waals surface area contributed by atoms with E-state index in [0.717, 1.165) is 10.0 Å². The van der Waals surface area contributed by atoms with Gasteiger partial charge in [0.1, 0.15) is 5.75 Å². The first-order chi connectivity index (χ1) is 7.65. The van der Waals surface area contributed by atoms with Crippen LogP contribution in [0.3, 0.4) is 0 Å². The van der Waals surface area contributed by atoms with Gasteiger partial charge in [0.2, 0.25) is 11.8 Å². The van der Waals surface area contributed by atoms with E-state index in [2.05, 4.69) is 25.9 Å². The van der Waals surface area contributed by atoms with Crippen LogP contribution in [0.15, 0.2) is 34.9 Å². The number of aromatic nitrogens is 2. The highest BCUT2D eigenvalue weighted by atomic mass is 79.9. The summed E-state index contributed by atoms with van der Waals surface area (Å²) >= 11 is 3.36. The number of rotatable bonds is 2. The summed E-state index contributed by atoms with van der Waals surface area (Å²) in [7, 11) is 0. The van der Waals surface area contributed by atoms with Gasteiger partial charge in [0.15, 0.2) is 0 Å². The Labute approximate surface area is 102 Å². The fraction of sp³-hybridized carbons (Fsp3) is 0.0909. The van der Waals surface area contributed by atoms with Gasteiger partial charge in [-0.3, -0.25) is 0 Å². The van der Waals surface area contributed by atoms with Crippen LogP contribution >= 0.6 is 15.9 Å². The second-order valence-electron chi connectivity index (χ2n) is 3.27. The van der Waals surface area contributed by atoms with Gasteiger partial charge < -0.3 is 10.5 Å². The summed E-state index contributed by atoms with van der Waals surface area (Å²) in [5, 5.41) is 0. The van der Waals surface area contributed by atoms with Crippen molar-refractivity contribution in [2.45, 2.75) is 6.92 Å². The Hall–Kier alpha value is -1.62. The van der Waals surface area contributed by atoms with E-state index in [4.69, 9.17) is 10.5 Å². The zero-order valence-corrected chi connectivity index (χ0v) is 10.2. The molecule has 16 heavy (non-hydrogen) atoms. The molecule has 0 aliphatic carbocycles. The van der Waals surface area contributed by atoms with E-state index < -0.39 is 0 Å². The lowest BCUT2D eigenvalue weighted by atomic mass is 10.3. The Morgan fingerprint density at radius 2 is 1.94 bits per heavy atom. The quantitative estimate of drug-likeness (QED) is 0.918. The number of hydrogen-bond acceptors (Lipinski definition) is 4. The van der Waals surface area contributed by atoms with Gasteiger partial charge >= 0.3 is 0 Å². The third-order valence-corrected chi connectivity index (χ3v) is 2.50. The molecule has 0 aliphatic heterocycles. The van der Waals surface area contributed by atoms with Crippen LogP contribution in [0.2, 0.25) is 0 Å². The minimum absolute atomic E-state index is 0.206. The Morgan fingerprint density at radius 1 is 1.25 bits per heavy atom. The average Bonchev–Trinajstić information content (AvgIpc) is 2.27. The van der Waals surface area contributed by atoms with Crippen LogP contribution in [0.25, 0.3) is 0 Å². The molecule has 82 valence electrons. The summed E-state index contributed by atoms with van der Waals surface area (Å²) in [6, 6.07) is 7.49. The topological polar surface area (TPSA) is 61.0 Å². The fourth-order valence-corrected chi connectivity index (χ4v) is 1.42. The number of benzene rings is 1. The smallest absolute Gasteiger partial charge is 0.226 e. The van der Waals surface area contributed by atoms with E-state index in [1.807, 2.05) is 31.2 Å². The van der Waals surface area contributed by atoms with E-state index in [0.29, 0.717) is 11.6 Å². The van der Waals surface area contributed by atoms with Crippen molar-refractivity contribution in [3.05, 3.63) is 40.5 Å². The first kappa shape index (κ1) is 10.9. The molecule has 2 N–H and O–H groups in total. The lowest BCUT2D eigenvalue weighted by Gasteiger charge is -2.07. The van der Waals surface area contributed by atoms with Crippen LogP contribution in [0.4, 0.5) is 5.95 Å². The molecule has 1 heterocycles. The van der Waals surface area contributed by atoms with Crippen LogP contribution < -0.4 is 10.5 Å². The van der Waals surface area contributed by atoms with Crippen molar-refractivity contribution >= 4 is 21.9 Å². The molecule has 2 aromatic rings. The van der Waals surface area contributed by atoms with Gasteiger partial charge in [-0.15, -0.1) is 0 Å². The molecule has 0 atom stereocenters. The standard InChI is InChI=1S/C11H10BrN3O/c1-7-6-14-11(13)15-10(7)16-9-4-2-8(12)3-5-9/h2-6H,1H3,(H2,13,14,15). The highest BCUT2D eigenvalue weighted by Crippen LogP contribution is 2.24. The first-order valence-corrected chi connectivity index (χ1v) is 5.47. The molecule has 1 aromatic carbocycles. The normalized spacial score (nSPS) is 10.1. The second kappa shape index (κ2) is 4.49. The number of nitrogens with zero attached hydrogens (tertiary/aromatic N) is 2. The molecule has 5 heteroatoms. The molecule has 0 amide bonds. The van der Waals surface area contributed by atoms with Crippen molar-refractivity contribution in [3.8, 4) is 11.6 Å². The maximum Gasteiger partial charge on any atom is 0.226 e. The largest absolute Gasteiger partial charge is 0.439 e. The average molecular weight is 280 g/mol. The van der Waals surface area contributed by atoms with Crippen molar-refractivity contribution in [2.24, 2.45) is 0 Å². The van der Waals surface area contributed by atoms with Crippen LogP contribution in [0.1, 0.15) is 5.56 Å². The highest BCUT2D eigenvalue weighted by molar-refractivity contribution is 9.10. The fourth-order valence-electron chi connectivity index (χ4n) is 1.16. The Morgan fingerprint density at radius 3 is 2.62 bits per heavy atom. The molecule has 4 nitrogen and oxygen atoms in total. The molecular formula is C11H10BrN3O. The molecule has 0 unspecified atom stereocenters. The van der Waals surface area contributed by atoms with Crippen molar-refractivity contribution in [3.63, 3.8) is 0 Å². The molecule has 0 bridgehead atoms. The van der Waals surface area contributed by atoms with Crippen molar-refractivity contribution in [2.75, 3.05) is 5.73 Å². The first-order valence-electron chi connectivity index (χ1n) is 4.67. The van der Waals surface area contributed by atoms with Gasteiger partial charge in [-0.1, -0.05) is 15.9 Å². The number of ether oxygens (including phenoxy) is 1. The summed E-state index contributed by atoms with van der Waals surface area (Å²) in [6.07, 6.45) is 1.64. The lowest BCUT2D eigenvalue weighted by molar-refractivity contribution is 0.458. The van der Waals surface area contributed by atoms with Gasteiger partial charge in [-0.2, -0.15) is 4.98 Å². The third kappa shape index (κ3) is 2.49. The summed E-state index contributed by atoms with van der Waals surface area (Å²) in [6.45, 7) is 1.87. The van der Waals surface area contributed by atoms with E-state index in [1.165, 1.54) is 0 Å². The number of anilines is 1. The number of nitrogens with two attached hydrogens (primary N) is 1. The number of halogens is 1. The Bertz CT molecular complexity index is 499. The van der Waals surface area contributed by atoms with E-state index in [9.17, 15) is 0 Å². The molecule has 0 spiro atoms. The minimum Gasteiger partial charge on any atom is -0.439 e. The summed E-state index contributed by atoms with van der Waals surface area (Å²) in [5.74, 6) is 1.40. The predicted molar refractivity (Wildman–Crippen MR) is 65.4 cm³/mol. The van der Waals surface area contributed by atoms with Crippen molar-refractivity contribution in [1.29, 1.82) is 0 Å². The molecule has 0 fully saturated rings. The number of nitrogen functional groups attached to an aromatic ring is 1. The molecule has 0 radical (unpaired) electrons. The molecular weight excluding hydrogens is 270 g/mol. The van der Waals surface area contributed by atoms with E-state index >= 15 is 0 Å². The Balaban J connectivity index is 2.26. The van der Waals surface area contributed by atoms with Gasteiger partial charge in [-0.05, 0) is 31.2 Å². The zero-order valence-electron chi connectivity index (χ0n) is 8.64. The minimum atomic E-state index is 0.206. The van der Waals surface area contributed by atoms with Gasteiger partial charge in [0.05, 0.1) is 0 Å². The maximum atomic E-state index is 5.59. The highest BCUT2D eigenvalue weighted by Gasteiger charge is 2.04. The SMILES string of the molecule is Cc1cnc(N)nc1Oc1ccc(Br)cc1. The maximum absolute atomic E-state index is 5.59. The molecule has 2 rings (SSSR count). The summed E-state index contributed by atoms with van der Waals surface area (Å²) in [5.41, 5.74) is 6.34. The van der Waals surface area contributed by atoms with Gasteiger partial charge in [0.25, 0.3) is 0 Å². The number of aryl methyl sites for hydroxylation is 1. The molecule has 0 saturated carbocycles.